The van der Waals surface area contributed by atoms with E-state index in [0.717, 1.165) is 43.0 Å². The van der Waals surface area contributed by atoms with Crippen LogP contribution in [0, 0.1) is 5.92 Å². The lowest BCUT2D eigenvalue weighted by molar-refractivity contribution is 0.0853. The zero-order valence-electron chi connectivity index (χ0n) is 13.5. The maximum Gasteiger partial charge on any atom is 0.264 e. The van der Waals surface area contributed by atoms with E-state index in [9.17, 15) is 9.90 Å². The van der Waals surface area contributed by atoms with Crippen molar-refractivity contribution < 1.29 is 9.90 Å². The minimum absolute atomic E-state index is 0.0908. The van der Waals surface area contributed by atoms with E-state index in [1.807, 2.05) is 30.3 Å². The number of carbonyl (C=O) groups is 1. The SMILES string of the molecule is O=C(NCC1CCN(CC(O)c2ccccc2)CC1)c1cnns1. The molecule has 0 radical (unpaired) electrons. The number of rotatable bonds is 6. The Bertz CT molecular complexity index is 627. The van der Waals surface area contributed by atoms with Gasteiger partial charge < -0.3 is 15.3 Å². The number of β-amino-alcohol motifs (C(OH)–C–C–N with tert-alkyl or cyclic N) is 1. The second kappa shape index (κ2) is 8.32. The number of nitrogens with one attached hydrogen (secondary N) is 1. The molecule has 6 nitrogen and oxygen atoms in total. The summed E-state index contributed by atoms with van der Waals surface area (Å²) in [6, 6.07) is 9.78. The third kappa shape index (κ3) is 4.59. The van der Waals surface area contributed by atoms with Gasteiger partial charge in [0.25, 0.3) is 5.91 Å². The van der Waals surface area contributed by atoms with E-state index < -0.39 is 6.10 Å². The summed E-state index contributed by atoms with van der Waals surface area (Å²) < 4.78 is 3.70. The first-order valence-corrected chi connectivity index (χ1v) is 9.00. The molecule has 0 spiro atoms. The van der Waals surface area contributed by atoms with Gasteiger partial charge in [-0.15, -0.1) is 5.10 Å². The van der Waals surface area contributed by atoms with Gasteiger partial charge in [0.15, 0.2) is 0 Å². The second-order valence-electron chi connectivity index (χ2n) is 6.16. The van der Waals surface area contributed by atoms with Crippen LogP contribution in [0.2, 0.25) is 0 Å². The van der Waals surface area contributed by atoms with Gasteiger partial charge >= 0.3 is 0 Å². The number of likely N-dealkylation sites (tertiary alicyclic amines) is 1. The molecule has 128 valence electrons. The number of aromatic nitrogens is 2. The molecule has 7 heteroatoms. The molecular weight excluding hydrogens is 324 g/mol. The summed E-state index contributed by atoms with van der Waals surface area (Å²) in [6.45, 7) is 3.25. The zero-order valence-corrected chi connectivity index (χ0v) is 14.3. The van der Waals surface area contributed by atoms with E-state index in [0.29, 0.717) is 23.9 Å². The largest absolute Gasteiger partial charge is 0.387 e. The highest BCUT2D eigenvalue weighted by Gasteiger charge is 2.22. The van der Waals surface area contributed by atoms with Gasteiger partial charge in [-0.3, -0.25) is 4.79 Å². The fourth-order valence-corrected chi connectivity index (χ4v) is 3.42. The first kappa shape index (κ1) is 17.0. The van der Waals surface area contributed by atoms with Crippen LogP contribution in [0.3, 0.4) is 0 Å². The lowest BCUT2D eigenvalue weighted by Crippen LogP contribution is -2.40. The quantitative estimate of drug-likeness (QED) is 0.833. The normalized spacial score (nSPS) is 17.5. The van der Waals surface area contributed by atoms with Gasteiger partial charge in [-0.1, -0.05) is 34.8 Å². The van der Waals surface area contributed by atoms with Crippen LogP contribution in [-0.2, 0) is 0 Å². The molecule has 0 saturated carbocycles. The van der Waals surface area contributed by atoms with Gasteiger partial charge in [0.1, 0.15) is 4.88 Å². The first-order valence-electron chi connectivity index (χ1n) is 8.23. The molecule has 3 rings (SSSR count). The van der Waals surface area contributed by atoms with Crippen molar-refractivity contribution in [2.24, 2.45) is 5.92 Å². The van der Waals surface area contributed by atoms with Crippen molar-refractivity contribution in [2.75, 3.05) is 26.2 Å². The molecule has 2 N–H and O–H groups in total. The molecule has 2 aromatic rings. The van der Waals surface area contributed by atoms with Crippen LogP contribution >= 0.6 is 11.5 Å². The Labute approximate surface area is 145 Å². The van der Waals surface area contributed by atoms with Crippen LogP contribution in [0.1, 0.15) is 34.2 Å². The van der Waals surface area contributed by atoms with E-state index in [1.165, 1.54) is 6.20 Å². The Kier molecular flexibility index (Phi) is 5.90. The van der Waals surface area contributed by atoms with E-state index in [1.54, 1.807) is 0 Å². The highest BCUT2D eigenvalue weighted by Crippen LogP contribution is 2.20. The molecule has 1 aromatic heterocycles. The summed E-state index contributed by atoms with van der Waals surface area (Å²) in [5.74, 6) is 0.395. The maximum absolute atomic E-state index is 11.9. The van der Waals surface area contributed by atoms with Crippen molar-refractivity contribution in [3.05, 3.63) is 47.0 Å². The molecule has 0 aliphatic carbocycles. The van der Waals surface area contributed by atoms with Gasteiger partial charge in [0, 0.05) is 13.1 Å². The van der Waals surface area contributed by atoms with Crippen molar-refractivity contribution >= 4 is 17.4 Å². The first-order chi connectivity index (χ1) is 11.7. The molecule has 2 heterocycles. The van der Waals surface area contributed by atoms with Crippen LogP contribution in [-0.4, -0.2) is 51.7 Å². The smallest absolute Gasteiger partial charge is 0.264 e. The lowest BCUT2D eigenvalue weighted by atomic mass is 9.96. The Morgan fingerprint density at radius 1 is 1.33 bits per heavy atom. The average Bonchev–Trinajstić information content (AvgIpc) is 3.16. The summed E-state index contributed by atoms with van der Waals surface area (Å²) in [5, 5.41) is 16.9. The number of hydrogen-bond acceptors (Lipinski definition) is 6. The van der Waals surface area contributed by atoms with Crippen molar-refractivity contribution in [3.63, 3.8) is 0 Å². The maximum atomic E-state index is 11.9. The number of amides is 1. The number of benzene rings is 1. The van der Waals surface area contributed by atoms with E-state index >= 15 is 0 Å². The number of piperidine rings is 1. The lowest BCUT2D eigenvalue weighted by Gasteiger charge is -2.33. The molecular formula is C17H22N4O2S. The minimum atomic E-state index is -0.443. The Morgan fingerprint density at radius 2 is 2.08 bits per heavy atom. The molecule has 0 bridgehead atoms. The minimum Gasteiger partial charge on any atom is -0.387 e. The number of carbonyl (C=O) groups excluding carboxylic acids is 1. The summed E-state index contributed by atoms with van der Waals surface area (Å²) in [7, 11) is 0. The molecule has 1 aromatic carbocycles. The Hall–Kier alpha value is -1.83. The van der Waals surface area contributed by atoms with Crippen molar-refractivity contribution in [3.8, 4) is 0 Å². The van der Waals surface area contributed by atoms with E-state index in [4.69, 9.17) is 0 Å². The van der Waals surface area contributed by atoms with E-state index in [2.05, 4.69) is 19.8 Å². The van der Waals surface area contributed by atoms with Crippen molar-refractivity contribution in [1.82, 2.24) is 19.8 Å². The topological polar surface area (TPSA) is 78.4 Å². The van der Waals surface area contributed by atoms with E-state index in [-0.39, 0.29) is 5.91 Å². The summed E-state index contributed by atoms with van der Waals surface area (Å²) >= 11 is 1.11. The molecule has 1 aliphatic heterocycles. The Balaban J connectivity index is 1.39. The molecule has 1 aliphatic rings. The predicted octanol–water partition coefficient (Wildman–Crippen LogP) is 1.71. The van der Waals surface area contributed by atoms with Crippen molar-refractivity contribution in [1.29, 1.82) is 0 Å². The van der Waals surface area contributed by atoms with Gasteiger partial charge in [0.2, 0.25) is 0 Å². The number of nitrogens with zero attached hydrogens (tertiary/aromatic N) is 3. The highest BCUT2D eigenvalue weighted by molar-refractivity contribution is 7.07. The summed E-state index contributed by atoms with van der Waals surface area (Å²) in [5.41, 5.74) is 0.963. The van der Waals surface area contributed by atoms with Crippen LogP contribution in [0.5, 0.6) is 0 Å². The Morgan fingerprint density at radius 3 is 2.75 bits per heavy atom. The van der Waals surface area contributed by atoms with Crippen LogP contribution in [0.4, 0.5) is 0 Å². The second-order valence-corrected chi connectivity index (χ2v) is 6.95. The van der Waals surface area contributed by atoms with Crippen LogP contribution in [0.25, 0.3) is 0 Å². The molecule has 1 atom stereocenters. The average molecular weight is 346 g/mol. The standard InChI is InChI=1S/C17H22N4O2S/c22-15(14-4-2-1-3-5-14)12-21-8-6-13(7-9-21)10-18-17(23)16-11-19-20-24-16/h1-5,11,13,15,22H,6-10,12H2,(H,18,23). The van der Waals surface area contributed by atoms with Gasteiger partial charge in [-0.05, 0) is 48.9 Å². The summed E-state index contributed by atoms with van der Waals surface area (Å²) in [6.07, 6.45) is 3.11. The van der Waals surface area contributed by atoms with Crippen LogP contribution in [0.15, 0.2) is 36.5 Å². The van der Waals surface area contributed by atoms with Gasteiger partial charge in [-0.25, -0.2) is 0 Å². The fraction of sp³-hybridized carbons (Fsp3) is 0.471. The number of aliphatic hydroxyl groups excluding tert-OH is 1. The number of hydrogen-bond donors (Lipinski definition) is 2. The van der Waals surface area contributed by atoms with Gasteiger partial charge in [-0.2, -0.15) is 0 Å². The third-order valence-corrected chi connectivity index (χ3v) is 5.12. The van der Waals surface area contributed by atoms with Crippen molar-refractivity contribution in [2.45, 2.75) is 18.9 Å². The molecule has 1 amide bonds. The molecule has 1 fully saturated rings. The summed E-state index contributed by atoms with van der Waals surface area (Å²) in [4.78, 5) is 14.7. The molecule has 1 unspecified atom stereocenters. The fourth-order valence-electron chi connectivity index (χ4n) is 2.99. The molecule has 24 heavy (non-hydrogen) atoms. The third-order valence-electron chi connectivity index (χ3n) is 4.46. The van der Waals surface area contributed by atoms with Gasteiger partial charge in [0.05, 0.1) is 12.3 Å². The number of aliphatic hydroxyl groups is 1. The highest BCUT2D eigenvalue weighted by atomic mass is 32.1. The predicted molar refractivity (Wildman–Crippen MR) is 92.8 cm³/mol. The molecule has 1 saturated heterocycles. The zero-order chi connectivity index (χ0) is 16.8. The monoisotopic (exact) mass is 346 g/mol. The van der Waals surface area contributed by atoms with Crippen LogP contribution < -0.4 is 5.32 Å².